The lowest BCUT2D eigenvalue weighted by atomic mass is 9.81. The van der Waals surface area contributed by atoms with Crippen LogP contribution in [0.2, 0.25) is 0 Å². The first-order valence-corrected chi connectivity index (χ1v) is 4.26. The third-order valence-corrected chi connectivity index (χ3v) is 3.32. The molecule has 0 aromatic carbocycles. The van der Waals surface area contributed by atoms with Crippen molar-refractivity contribution in [2.24, 2.45) is 5.92 Å². The monoisotopic (exact) mass is 157 g/mol. The highest BCUT2D eigenvalue weighted by Crippen LogP contribution is 2.30. The van der Waals surface area contributed by atoms with Crippen LogP contribution in [0.15, 0.2) is 0 Å². The van der Waals surface area contributed by atoms with E-state index in [9.17, 15) is 0 Å². The summed E-state index contributed by atoms with van der Waals surface area (Å²) >= 11 is 0. The van der Waals surface area contributed by atoms with Crippen molar-refractivity contribution in [3.05, 3.63) is 0 Å². The minimum Gasteiger partial charge on any atom is -0.301 e. The SMILES string of the molecule is C.CC1CCCN(C)C1(C)C. The third kappa shape index (κ3) is 1.96. The van der Waals surface area contributed by atoms with Crippen molar-refractivity contribution in [1.29, 1.82) is 0 Å². The van der Waals surface area contributed by atoms with Crippen LogP contribution in [0.1, 0.15) is 41.0 Å². The summed E-state index contributed by atoms with van der Waals surface area (Å²) in [6.45, 7) is 8.32. The van der Waals surface area contributed by atoms with Crippen molar-refractivity contribution in [2.75, 3.05) is 13.6 Å². The van der Waals surface area contributed by atoms with Gasteiger partial charge in [0.25, 0.3) is 0 Å². The van der Waals surface area contributed by atoms with E-state index in [1.807, 2.05) is 0 Å². The summed E-state index contributed by atoms with van der Waals surface area (Å²) in [4.78, 5) is 2.47. The van der Waals surface area contributed by atoms with E-state index in [0.717, 1.165) is 5.92 Å². The Labute approximate surface area is 71.8 Å². The molecule has 0 saturated carbocycles. The Hall–Kier alpha value is -0.0400. The number of hydrogen-bond acceptors (Lipinski definition) is 1. The molecule has 1 heteroatoms. The molecule has 0 radical (unpaired) electrons. The van der Waals surface area contributed by atoms with Gasteiger partial charge in [0.05, 0.1) is 0 Å². The van der Waals surface area contributed by atoms with Crippen LogP contribution in [-0.4, -0.2) is 24.0 Å². The van der Waals surface area contributed by atoms with Crippen LogP contribution in [0.3, 0.4) is 0 Å². The molecule has 0 N–H and O–H groups in total. The Morgan fingerprint density at radius 2 is 1.91 bits per heavy atom. The fourth-order valence-corrected chi connectivity index (χ4v) is 1.65. The van der Waals surface area contributed by atoms with E-state index in [1.54, 1.807) is 0 Å². The topological polar surface area (TPSA) is 3.24 Å². The van der Waals surface area contributed by atoms with Crippen LogP contribution in [-0.2, 0) is 0 Å². The Morgan fingerprint density at radius 1 is 1.36 bits per heavy atom. The number of likely N-dealkylation sites (tertiary alicyclic amines) is 1. The normalized spacial score (nSPS) is 31.1. The van der Waals surface area contributed by atoms with Gasteiger partial charge in [-0.15, -0.1) is 0 Å². The maximum absolute atomic E-state index is 2.47. The average Bonchev–Trinajstić information content (AvgIpc) is 1.84. The maximum Gasteiger partial charge on any atom is 0.0175 e. The van der Waals surface area contributed by atoms with Crippen LogP contribution in [0.5, 0.6) is 0 Å². The predicted molar refractivity (Wildman–Crippen MR) is 51.8 cm³/mol. The summed E-state index contributed by atoms with van der Waals surface area (Å²) in [6, 6.07) is 0. The molecule has 0 aromatic rings. The van der Waals surface area contributed by atoms with Crippen molar-refractivity contribution in [2.45, 2.75) is 46.6 Å². The molecule has 1 unspecified atom stereocenters. The summed E-state index contributed by atoms with van der Waals surface area (Å²) in [7, 11) is 2.23. The summed E-state index contributed by atoms with van der Waals surface area (Å²) < 4.78 is 0. The summed E-state index contributed by atoms with van der Waals surface area (Å²) in [5.74, 6) is 0.853. The molecule has 1 aliphatic rings. The molecule has 0 bridgehead atoms. The summed E-state index contributed by atoms with van der Waals surface area (Å²) in [5, 5.41) is 0. The molecule has 1 saturated heterocycles. The Bertz CT molecular complexity index is 106. The van der Waals surface area contributed by atoms with E-state index in [4.69, 9.17) is 0 Å². The fraction of sp³-hybridized carbons (Fsp3) is 1.00. The molecule has 0 amide bonds. The molecule has 0 aliphatic carbocycles. The lowest BCUT2D eigenvalue weighted by Crippen LogP contribution is -2.49. The molecule has 0 aromatic heterocycles. The van der Waals surface area contributed by atoms with Gasteiger partial charge in [0.2, 0.25) is 0 Å². The van der Waals surface area contributed by atoms with Gasteiger partial charge in [-0.2, -0.15) is 0 Å². The molecule has 11 heavy (non-hydrogen) atoms. The van der Waals surface area contributed by atoms with Crippen molar-refractivity contribution in [1.82, 2.24) is 4.90 Å². The number of piperidine rings is 1. The molecule has 68 valence electrons. The molecular weight excluding hydrogens is 134 g/mol. The molecule has 1 atom stereocenters. The van der Waals surface area contributed by atoms with Crippen molar-refractivity contribution < 1.29 is 0 Å². The standard InChI is InChI=1S/C9H19N.CH4/c1-8-6-5-7-10(4)9(8,2)3;/h8H,5-7H2,1-4H3;1H4. The minimum atomic E-state index is 0. The van der Waals surface area contributed by atoms with E-state index in [2.05, 4.69) is 32.7 Å². The zero-order valence-corrected chi connectivity index (χ0v) is 7.65. The van der Waals surface area contributed by atoms with Crippen LogP contribution in [0.4, 0.5) is 0 Å². The molecule has 0 spiro atoms. The highest BCUT2D eigenvalue weighted by atomic mass is 15.2. The second-order valence-corrected chi connectivity index (χ2v) is 4.12. The van der Waals surface area contributed by atoms with Gasteiger partial charge in [-0.1, -0.05) is 14.4 Å². The van der Waals surface area contributed by atoms with E-state index < -0.39 is 0 Å². The molecule has 1 fully saturated rings. The Balaban J connectivity index is 0.000001000. The second kappa shape index (κ2) is 3.57. The van der Waals surface area contributed by atoms with Gasteiger partial charge in [0.1, 0.15) is 0 Å². The van der Waals surface area contributed by atoms with Crippen molar-refractivity contribution in [3.63, 3.8) is 0 Å². The van der Waals surface area contributed by atoms with Crippen molar-refractivity contribution in [3.8, 4) is 0 Å². The van der Waals surface area contributed by atoms with E-state index in [-0.39, 0.29) is 7.43 Å². The van der Waals surface area contributed by atoms with E-state index in [0.29, 0.717) is 5.54 Å². The second-order valence-electron chi connectivity index (χ2n) is 4.12. The van der Waals surface area contributed by atoms with Crippen LogP contribution >= 0.6 is 0 Å². The quantitative estimate of drug-likeness (QED) is 0.522. The molecule has 1 heterocycles. The Kier molecular flexibility index (Phi) is 3.56. The van der Waals surface area contributed by atoms with Gasteiger partial charge in [0, 0.05) is 5.54 Å². The molecule has 1 rings (SSSR count). The van der Waals surface area contributed by atoms with Gasteiger partial charge in [-0.3, -0.25) is 0 Å². The highest BCUT2D eigenvalue weighted by molar-refractivity contribution is 4.88. The van der Waals surface area contributed by atoms with Gasteiger partial charge >= 0.3 is 0 Å². The fourth-order valence-electron chi connectivity index (χ4n) is 1.65. The summed E-state index contributed by atoms with van der Waals surface area (Å²) in [6.07, 6.45) is 2.78. The first kappa shape index (κ1) is 11.0. The van der Waals surface area contributed by atoms with E-state index >= 15 is 0 Å². The lowest BCUT2D eigenvalue weighted by Gasteiger charge is -2.44. The lowest BCUT2D eigenvalue weighted by molar-refractivity contribution is 0.0547. The smallest absolute Gasteiger partial charge is 0.0175 e. The summed E-state index contributed by atoms with van der Waals surface area (Å²) in [5.41, 5.74) is 0.429. The molecule has 1 aliphatic heterocycles. The van der Waals surface area contributed by atoms with E-state index in [1.165, 1.54) is 19.4 Å². The highest BCUT2D eigenvalue weighted by Gasteiger charge is 2.32. The number of hydrogen-bond donors (Lipinski definition) is 0. The third-order valence-electron chi connectivity index (χ3n) is 3.32. The van der Waals surface area contributed by atoms with Gasteiger partial charge in [-0.25, -0.2) is 0 Å². The predicted octanol–water partition coefficient (Wildman–Crippen LogP) is 2.76. The van der Waals surface area contributed by atoms with Crippen molar-refractivity contribution >= 4 is 0 Å². The average molecular weight is 157 g/mol. The minimum absolute atomic E-state index is 0. The van der Waals surface area contributed by atoms with Crippen LogP contribution in [0.25, 0.3) is 0 Å². The molecular formula is C10H23N. The van der Waals surface area contributed by atoms with Crippen LogP contribution < -0.4 is 0 Å². The zero-order chi connectivity index (χ0) is 7.78. The largest absolute Gasteiger partial charge is 0.301 e. The first-order valence-electron chi connectivity index (χ1n) is 4.26. The number of rotatable bonds is 0. The number of nitrogens with zero attached hydrogens (tertiary/aromatic N) is 1. The van der Waals surface area contributed by atoms with Crippen LogP contribution in [0, 0.1) is 5.92 Å². The first-order chi connectivity index (χ1) is 4.55. The van der Waals surface area contributed by atoms with Gasteiger partial charge in [-0.05, 0) is 46.2 Å². The Morgan fingerprint density at radius 3 is 2.27 bits per heavy atom. The van der Waals surface area contributed by atoms with Gasteiger partial charge < -0.3 is 4.90 Å². The zero-order valence-electron chi connectivity index (χ0n) is 7.65. The van der Waals surface area contributed by atoms with Gasteiger partial charge in [0.15, 0.2) is 0 Å². The maximum atomic E-state index is 2.47. The molecule has 1 nitrogen and oxygen atoms in total.